The fourth-order valence-corrected chi connectivity index (χ4v) is 3.78. The molecule has 0 atom stereocenters. The largest absolute Gasteiger partial charge is 0.416 e. The van der Waals surface area contributed by atoms with Gasteiger partial charge in [0.25, 0.3) is 5.91 Å². The van der Waals surface area contributed by atoms with Gasteiger partial charge in [0.1, 0.15) is 5.41 Å². The monoisotopic (exact) mass is 379 g/mol. The molecule has 0 radical (unpaired) electrons. The molecular formula is C19H20F3N3O2. The Bertz CT molecular complexity index is 771. The highest BCUT2D eigenvalue weighted by atomic mass is 19.4. The van der Waals surface area contributed by atoms with E-state index in [1.54, 1.807) is 4.90 Å². The highest BCUT2D eigenvalue weighted by Gasteiger charge is 2.44. The van der Waals surface area contributed by atoms with Crippen LogP contribution in [0, 0.1) is 16.7 Å². The molecule has 2 fully saturated rings. The quantitative estimate of drug-likeness (QED) is 0.793. The molecule has 1 saturated heterocycles. The number of amides is 2. The summed E-state index contributed by atoms with van der Waals surface area (Å²) in [5, 5.41) is 9.44. The molecule has 27 heavy (non-hydrogen) atoms. The Hall–Kier alpha value is -2.56. The summed E-state index contributed by atoms with van der Waals surface area (Å²) in [5.41, 5.74) is -1.83. The van der Waals surface area contributed by atoms with E-state index in [1.165, 1.54) is 17.0 Å². The molecule has 1 aromatic carbocycles. The molecule has 0 spiro atoms. The van der Waals surface area contributed by atoms with E-state index in [1.807, 2.05) is 0 Å². The smallest absolute Gasteiger partial charge is 0.338 e. The van der Waals surface area contributed by atoms with Gasteiger partial charge in [0.05, 0.1) is 11.6 Å². The highest BCUT2D eigenvalue weighted by Crippen LogP contribution is 2.39. The zero-order valence-corrected chi connectivity index (χ0v) is 14.8. The van der Waals surface area contributed by atoms with Gasteiger partial charge in [-0.3, -0.25) is 9.59 Å². The van der Waals surface area contributed by atoms with Gasteiger partial charge in [-0.1, -0.05) is 18.9 Å². The maximum atomic E-state index is 12.8. The average molecular weight is 379 g/mol. The first kappa shape index (κ1) is 19.2. The number of hydrogen-bond acceptors (Lipinski definition) is 3. The maximum Gasteiger partial charge on any atom is 0.416 e. The second kappa shape index (κ2) is 7.22. The fourth-order valence-electron chi connectivity index (χ4n) is 3.78. The van der Waals surface area contributed by atoms with Crippen LogP contribution in [0.2, 0.25) is 0 Å². The minimum absolute atomic E-state index is 0.0195. The molecule has 0 N–H and O–H groups in total. The first-order valence-corrected chi connectivity index (χ1v) is 8.94. The normalized spacial score (nSPS) is 19.6. The summed E-state index contributed by atoms with van der Waals surface area (Å²) in [6.07, 6.45) is -1.67. The Kier molecular flexibility index (Phi) is 5.13. The van der Waals surface area contributed by atoms with Crippen molar-refractivity contribution < 1.29 is 22.8 Å². The number of benzene rings is 1. The number of nitrogens with zero attached hydrogens (tertiary/aromatic N) is 3. The summed E-state index contributed by atoms with van der Waals surface area (Å²) in [6, 6.07) is 6.53. The average Bonchev–Trinajstić information content (AvgIpc) is 3.17. The number of piperazine rings is 1. The number of carbonyl (C=O) groups is 2. The van der Waals surface area contributed by atoms with E-state index in [4.69, 9.17) is 0 Å². The number of carbonyl (C=O) groups excluding carboxylic acids is 2. The van der Waals surface area contributed by atoms with Crippen LogP contribution in [0.1, 0.15) is 41.6 Å². The standard InChI is InChI=1S/C19H20F3N3O2/c20-19(21,22)15-5-3-4-14(12-15)16(26)24-8-10-25(11-9-24)17(27)18(13-23)6-1-2-7-18/h3-5,12H,1-2,6-11H2. The van der Waals surface area contributed by atoms with Crippen LogP contribution in [0.15, 0.2) is 24.3 Å². The van der Waals surface area contributed by atoms with Crippen molar-refractivity contribution in [3.05, 3.63) is 35.4 Å². The van der Waals surface area contributed by atoms with Crippen LogP contribution < -0.4 is 0 Å². The third-order valence-corrected chi connectivity index (χ3v) is 5.37. The summed E-state index contributed by atoms with van der Waals surface area (Å²) < 4.78 is 38.5. The van der Waals surface area contributed by atoms with Crippen LogP contribution in [-0.2, 0) is 11.0 Å². The Labute approximate surface area is 155 Å². The van der Waals surface area contributed by atoms with Crippen LogP contribution in [0.3, 0.4) is 0 Å². The van der Waals surface area contributed by atoms with Crippen molar-refractivity contribution in [1.29, 1.82) is 5.26 Å². The zero-order valence-electron chi connectivity index (χ0n) is 14.8. The number of nitriles is 1. The van der Waals surface area contributed by atoms with Crippen molar-refractivity contribution in [2.75, 3.05) is 26.2 Å². The molecule has 5 nitrogen and oxygen atoms in total. The predicted molar refractivity (Wildman–Crippen MR) is 90.4 cm³/mol. The van der Waals surface area contributed by atoms with Crippen molar-refractivity contribution in [3.8, 4) is 6.07 Å². The lowest BCUT2D eigenvalue weighted by molar-refractivity contribution is -0.140. The van der Waals surface area contributed by atoms with Crippen LogP contribution >= 0.6 is 0 Å². The topological polar surface area (TPSA) is 64.4 Å². The first-order valence-electron chi connectivity index (χ1n) is 8.94. The van der Waals surface area contributed by atoms with Crippen LogP contribution in [0.5, 0.6) is 0 Å². The van der Waals surface area contributed by atoms with E-state index in [-0.39, 0.29) is 37.6 Å². The molecule has 8 heteroatoms. The molecule has 1 aliphatic carbocycles. The Morgan fingerprint density at radius 1 is 1.04 bits per heavy atom. The summed E-state index contributed by atoms with van der Waals surface area (Å²) in [7, 11) is 0. The summed E-state index contributed by atoms with van der Waals surface area (Å²) in [4.78, 5) is 28.3. The third-order valence-electron chi connectivity index (χ3n) is 5.37. The van der Waals surface area contributed by atoms with Crippen LogP contribution in [0.4, 0.5) is 13.2 Å². The highest BCUT2D eigenvalue weighted by molar-refractivity contribution is 5.94. The van der Waals surface area contributed by atoms with Gasteiger partial charge in [0.15, 0.2) is 0 Å². The van der Waals surface area contributed by atoms with Crippen molar-refractivity contribution >= 4 is 11.8 Å². The molecule has 1 aromatic rings. The number of alkyl halides is 3. The third kappa shape index (κ3) is 3.77. The molecule has 1 saturated carbocycles. The number of halogens is 3. The SMILES string of the molecule is N#CC1(C(=O)N2CCN(C(=O)c3cccc(C(F)(F)F)c3)CC2)CCCC1. The maximum absolute atomic E-state index is 12.8. The number of rotatable bonds is 2. The molecule has 0 unspecified atom stereocenters. The van der Waals surface area contributed by atoms with Gasteiger partial charge in [-0.15, -0.1) is 0 Å². The van der Waals surface area contributed by atoms with Crippen LogP contribution in [0.25, 0.3) is 0 Å². The lowest BCUT2D eigenvalue weighted by Gasteiger charge is -2.37. The molecule has 3 rings (SSSR count). The lowest BCUT2D eigenvalue weighted by Crippen LogP contribution is -2.53. The first-order chi connectivity index (χ1) is 12.8. The van der Waals surface area contributed by atoms with E-state index in [0.29, 0.717) is 12.8 Å². The Morgan fingerprint density at radius 3 is 2.19 bits per heavy atom. The minimum Gasteiger partial charge on any atom is -0.338 e. The van der Waals surface area contributed by atoms with Gasteiger partial charge in [-0.2, -0.15) is 18.4 Å². The van der Waals surface area contributed by atoms with Crippen LogP contribution in [-0.4, -0.2) is 47.8 Å². The van der Waals surface area contributed by atoms with E-state index < -0.39 is 23.1 Å². The van der Waals surface area contributed by atoms with Gasteiger partial charge in [0.2, 0.25) is 5.91 Å². The molecule has 0 aromatic heterocycles. The molecule has 1 heterocycles. The second-order valence-electron chi connectivity index (χ2n) is 7.06. The molecule has 144 valence electrons. The van der Waals surface area contributed by atoms with E-state index in [0.717, 1.165) is 25.0 Å². The predicted octanol–water partition coefficient (Wildman–Crippen LogP) is 3.07. The Balaban J connectivity index is 1.65. The van der Waals surface area contributed by atoms with E-state index >= 15 is 0 Å². The summed E-state index contributed by atoms with van der Waals surface area (Å²) >= 11 is 0. The minimum atomic E-state index is -4.51. The van der Waals surface area contributed by atoms with Crippen molar-refractivity contribution in [1.82, 2.24) is 9.80 Å². The summed E-state index contributed by atoms with van der Waals surface area (Å²) in [6.45, 7) is 1.05. The van der Waals surface area contributed by atoms with Gasteiger partial charge >= 0.3 is 6.18 Å². The van der Waals surface area contributed by atoms with Gasteiger partial charge < -0.3 is 9.80 Å². The molecule has 0 bridgehead atoms. The van der Waals surface area contributed by atoms with Crippen molar-refractivity contribution in [3.63, 3.8) is 0 Å². The van der Waals surface area contributed by atoms with Crippen molar-refractivity contribution in [2.45, 2.75) is 31.9 Å². The second-order valence-corrected chi connectivity index (χ2v) is 7.06. The number of hydrogen-bond donors (Lipinski definition) is 0. The van der Waals surface area contributed by atoms with Gasteiger partial charge in [0, 0.05) is 31.7 Å². The molecular weight excluding hydrogens is 359 g/mol. The molecule has 2 aliphatic rings. The lowest BCUT2D eigenvalue weighted by atomic mass is 9.86. The Morgan fingerprint density at radius 2 is 1.63 bits per heavy atom. The molecule has 2 amide bonds. The van der Waals surface area contributed by atoms with Crippen molar-refractivity contribution in [2.24, 2.45) is 5.41 Å². The van der Waals surface area contributed by atoms with Gasteiger partial charge in [-0.05, 0) is 31.0 Å². The summed E-state index contributed by atoms with van der Waals surface area (Å²) in [5.74, 6) is -0.669. The fraction of sp³-hybridized carbons (Fsp3) is 0.526. The zero-order chi connectivity index (χ0) is 19.7. The molecule has 1 aliphatic heterocycles. The van der Waals surface area contributed by atoms with Gasteiger partial charge in [-0.25, -0.2) is 0 Å². The van der Waals surface area contributed by atoms with E-state index in [2.05, 4.69) is 6.07 Å². The van der Waals surface area contributed by atoms with E-state index in [9.17, 15) is 28.0 Å².